The fourth-order valence-corrected chi connectivity index (χ4v) is 3.24. The van der Waals surface area contributed by atoms with Crippen molar-refractivity contribution in [3.8, 4) is 0 Å². The first-order valence-electron chi connectivity index (χ1n) is 6.29. The zero-order valence-corrected chi connectivity index (χ0v) is 13.3. The number of carbonyl (C=O) groups excluding carboxylic acids is 1. The largest absolute Gasteiger partial charge is 0.466 e. The predicted molar refractivity (Wildman–Crippen MR) is 81.2 cm³/mol. The van der Waals surface area contributed by atoms with E-state index in [2.05, 4.69) is 29.1 Å². The van der Waals surface area contributed by atoms with Crippen LogP contribution < -0.4 is 5.32 Å². The number of hydrogen-bond donors (Lipinski definition) is 1. The smallest absolute Gasteiger partial charge is 0.311 e. The molecule has 0 aliphatic heterocycles. The molecule has 0 unspecified atom stereocenters. The Morgan fingerprint density at radius 2 is 2.25 bits per heavy atom. The number of carbonyl (C=O) groups is 1. The molecule has 0 fully saturated rings. The molecule has 0 bridgehead atoms. The van der Waals surface area contributed by atoms with Crippen LogP contribution in [-0.4, -0.2) is 22.5 Å². The lowest BCUT2D eigenvalue weighted by Gasteiger charge is -2.23. The lowest BCUT2D eigenvalue weighted by atomic mass is 10.1. The van der Waals surface area contributed by atoms with Crippen LogP contribution in [0.1, 0.15) is 31.5 Å². The Hall–Kier alpha value is -1.47. The van der Waals surface area contributed by atoms with E-state index in [9.17, 15) is 4.79 Å². The van der Waals surface area contributed by atoms with Gasteiger partial charge >= 0.3 is 5.97 Å². The van der Waals surface area contributed by atoms with Crippen molar-refractivity contribution in [2.45, 2.75) is 32.7 Å². The molecule has 1 N–H and O–H groups in total. The number of aromatic nitrogens is 2. The van der Waals surface area contributed by atoms with Gasteiger partial charge in [0.1, 0.15) is 5.01 Å². The summed E-state index contributed by atoms with van der Waals surface area (Å²) in [4.78, 5) is 20.1. The zero-order valence-electron chi connectivity index (χ0n) is 11.7. The maximum absolute atomic E-state index is 11.4. The van der Waals surface area contributed by atoms with E-state index in [4.69, 9.17) is 4.74 Å². The average molecular weight is 311 g/mol. The molecule has 0 radical (unpaired) electrons. The number of nitrogens with one attached hydrogen (secondary N) is 1. The van der Waals surface area contributed by atoms with Crippen LogP contribution >= 0.6 is 22.7 Å². The standard InChI is InChI=1S/C13H17N3O2S2/c1-4-18-10(17)7-9-8-20-12(15-9)16-13(2,3)11-14-5-6-19-11/h5-6,8H,4,7H2,1-3H3,(H,15,16). The van der Waals surface area contributed by atoms with Crippen LogP contribution in [-0.2, 0) is 21.5 Å². The molecule has 0 spiro atoms. The summed E-state index contributed by atoms with van der Waals surface area (Å²) in [6.45, 7) is 6.30. The quantitative estimate of drug-likeness (QED) is 0.831. The van der Waals surface area contributed by atoms with Gasteiger partial charge in [0.2, 0.25) is 0 Å². The van der Waals surface area contributed by atoms with Gasteiger partial charge in [-0.25, -0.2) is 9.97 Å². The normalized spacial score (nSPS) is 11.3. The Kier molecular flexibility index (Phi) is 4.72. The molecule has 20 heavy (non-hydrogen) atoms. The lowest BCUT2D eigenvalue weighted by molar-refractivity contribution is -0.142. The summed E-state index contributed by atoms with van der Waals surface area (Å²) in [5, 5.41) is 8.95. The van der Waals surface area contributed by atoms with Crippen LogP contribution in [0.3, 0.4) is 0 Å². The van der Waals surface area contributed by atoms with E-state index in [1.54, 1.807) is 24.5 Å². The molecule has 0 saturated carbocycles. The third kappa shape index (κ3) is 3.77. The number of ether oxygens (including phenoxy) is 1. The Morgan fingerprint density at radius 3 is 2.90 bits per heavy atom. The molecular weight excluding hydrogens is 294 g/mol. The van der Waals surface area contributed by atoms with Gasteiger partial charge < -0.3 is 10.1 Å². The maximum Gasteiger partial charge on any atom is 0.311 e. The molecule has 2 aromatic heterocycles. The average Bonchev–Trinajstić information content (AvgIpc) is 3.00. The molecule has 0 aliphatic rings. The van der Waals surface area contributed by atoms with Crippen molar-refractivity contribution in [2.24, 2.45) is 0 Å². The van der Waals surface area contributed by atoms with Crippen molar-refractivity contribution in [1.29, 1.82) is 0 Å². The number of rotatable bonds is 6. The zero-order chi connectivity index (χ0) is 14.6. The Morgan fingerprint density at radius 1 is 1.45 bits per heavy atom. The molecule has 0 aliphatic carbocycles. The first-order chi connectivity index (χ1) is 9.51. The van der Waals surface area contributed by atoms with E-state index in [0.29, 0.717) is 6.61 Å². The minimum atomic E-state index is -0.285. The maximum atomic E-state index is 11.4. The molecule has 108 valence electrons. The second-order valence-electron chi connectivity index (χ2n) is 4.71. The van der Waals surface area contributed by atoms with E-state index in [1.165, 1.54) is 11.3 Å². The molecular formula is C13H17N3O2S2. The summed E-state index contributed by atoms with van der Waals surface area (Å²) in [5.41, 5.74) is 0.443. The van der Waals surface area contributed by atoms with Gasteiger partial charge in [0.15, 0.2) is 5.13 Å². The van der Waals surface area contributed by atoms with E-state index < -0.39 is 0 Å². The highest BCUT2D eigenvalue weighted by Crippen LogP contribution is 2.28. The molecule has 2 aromatic rings. The van der Waals surface area contributed by atoms with E-state index in [-0.39, 0.29) is 17.9 Å². The van der Waals surface area contributed by atoms with Crippen LogP contribution in [0.4, 0.5) is 5.13 Å². The number of esters is 1. The number of anilines is 1. The molecule has 0 amide bonds. The first kappa shape index (κ1) is 14.9. The number of thiazole rings is 2. The van der Waals surface area contributed by atoms with Gasteiger partial charge in [-0.2, -0.15) is 0 Å². The summed E-state index contributed by atoms with van der Waals surface area (Å²) in [6.07, 6.45) is 2.00. The number of hydrogen-bond acceptors (Lipinski definition) is 7. The predicted octanol–water partition coefficient (Wildman–Crippen LogP) is 3.05. The first-order valence-corrected chi connectivity index (χ1v) is 8.05. The van der Waals surface area contributed by atoms with Crippen LogP contribution in [0, 0.1) is 0 Å². The molecule has 2 heterocycles. The van der Waals surface area contributed by atoms with Gasteiger partial charge in [-0.15, -0.1) is 22.7 Å². The van der Waals surface area contributed by atoms with Crippen LogP contribution in [0.15, 0.2) is 17.0 Å². The second kappa shape index (κ2) is 6.32. The molecule has 0 saturated heterocycles. The van der Waals surface area contributed by atoms with Crippen molar-refractivity contribution >= 4 is 33.8 Å². The molecule has 5 nitrogen and oxygen atoms in total. The van der Waals surface area contributed by atoms with Gasteiger partial charge in [-0.1, -0.05) is 0 Å². The van der Waals surface area contributed by atoms with Gasteiger partial charge in [-0.05, 0) is 20.8 Å². The third-order valence-corrected chi connectivity index (χ3v) is 4.47. The van der Waals surface area contributed by atoms with Crippen molar-refractivity contribution in [3.05, 3.63) is 27.7 Å². The highest BCUT2D eigenvalue weighted by molar-refractivity contribution is 7.13. The van der Waals surface area contributed by atoms with Crippen molar-refractivity contribution < 1.29 is 9.53 Å². The highest BCUT2D eigenvalue weighted by Gasteiger charge is 2.24. The fourth-order valence-electron chi connectivity index (χ4n) is 1.66. The van der Waals surface area contributed by atoms with Crippen molar-refractivity contribution in [1.82, 2.24) is 9.97 Å². The van der Waals surface area contributed by atoms with Crippen molar-refractivity contribution in [3.63, 3.8) is 0 Å². The van der Waals surface area contributed by atoms with Crippen LogP contribution in [0.25, 0.3) is 0 Å². The van der Waals surface area contributed by atoms with Crippen molar-refractivity contribution in [2.75, 3.05) is 11.9 Å². The van der Waals surface area contributed by atoms with E-state index in [0.717, 1.165) is 15.8 Å². The molecule has 0 atom stereocenters. The Bertz CT molecular complexity index is 564. The summed E-state index contributed by atoms with van der Waals surface area (Å²) in [7, 11) is 0. The third-order valence-electron chi connectivity index (χ3n) is 2.57. The summed E-state index contributed by atoms with van der Waals surface area (Å²) >= 11 is 3.08. The van der Waals surface area contributed by atoms with Gasteiger partial charge in [-0.3, -0.25) is 4.79 Å². The van der Waals surface area contributed by atoms with Crippen LogP contribution in [0.2, 0.25) is 0 Å². The Balaban J connectivity index is 2.01. The van der Waals surface area contributed by atoms with E-state index >= 15 is 0 Å². The number of nitrogens with zero attached hydrogens (tertiary/aromatic N) is 2. The lowest BCUT2D eigenvalue weighted by Crippen LogP contribution is -2.27. The van der Waals surface area contributed by atoms with E-state index in [1.807, 2.05) is 10.8 Å². The summed E-state index contributed by atoms with van der Waals surface area (Å²) < 4.78 is 4.91. The molecule has 2 rings (SSSR count). The molecule has 7 heteroatoms. The Labute approximate surface area is 126 Å². The minimum Gasteiger partial charge on any atom is -0.466 e. The highest BCUT2D eigenvalue weighted by atomic mass is 32.1. The summed E-state index contributed by atoms with van der Waals surface area (Å²) in [6, 6.07) is 0. The van der Waals surface area contributed by atoms with Crippen LogP contribution in [0.5, 0.6) is 0 Å². The van der Waals surface area contributed by atoms with Gasteiger partial charge in [0, 0.05) is 17.0 Å². The fraction of sp³-hybridized carbons (Fsp3) is 0.462. The van der Waals surface area contributed by atoms with Gasteiger partial charge in [0.05, 0.1) is 24.3 Å². The molecule has 0 aromatic carbocycles. The van der Waals surface area contributed by atoms with Gasteiger partial charge in [0.25, 0.3) is 0 Å². The SMILES string of the molecule is CCOC(=O)Cc1csc(NC(C)(C)c2nccs2)n1. The topological polar surface area (TPSA) is 64.1 Å². The monoisotopic (exact) mass is 311 g/mol. The second-order valence-corrected chi connectivity index (χ2v) is 6.47. The minimum absolute atomic E-state index is 0.212. The summed E-state index contributed by atoms with van der Waals surface area (Å²) in [5.74, 6) is -0.247.